The van der Waals surface area contributed by atoms with E-state index in [1.165, 1.54) is 0 Å². The highest BCUT2D eigenvalue weighted by molar-refractivity contribution is 7.89. The monoisotopic (exact) mass is 239 g/mol. The Kier molecular flexibility index (Phi) is 7.27. The predicted octanol–water partition coefficient (Wildman–Crippen LogP) is -0.193. The molecule has 0 aromatic heterocycles. The highest BCUT2D eigenvalue weighted by atomic mass is 32.2. The molecule has 0 aliphatic heterocycles. The van der Waals surface area contributed by atoms with Gasteiger partial charge in [0.25, 0.3) is 0 Å². The summed E-state index contributed by atoms with van der Waals surface area (Å²) in [6.45, 7) is 2.92. The molecule has 0 fully saturated rings. The molecular weight excluding hydrogens is 222 g/mol. The molecule has 0 spiro atoms. The van der Waals surface area contributed by atoms with Crippen LogP contribution in [0.5, 0.6) is 0 Å². The van der Waals surface area contributed by atoms with Crippen molar-refractivity contribution < 1.29 is 23.1 Å². The van der Waals surface area contributed by atoms with Crippen LogP contribution in [-0.2, 0) is 19.6 Å². The summed E-state index contributed by atoms with van der Waals surface area (Å²) < 4.78 is 29.7. The summed E-state index contributed by atoms with van der Waals surface area (Å²) in [6, 6.07) is 0. The summed E-state index contributed by atoms with van der Waals surface area (Å²) in [5.74, 6) is -1.15. The van der Waals surface area contributed by atoms with Crippen molar-refractivity contribution in [3.63, 3.8) is 0 Å². The smallest absolute Gasteiger partial charge is 0.303 e. The standard InChI is InChI=1S/C8H17NO5S/c1-2-14-6-5-9-15(12,13)7-3-4-8(10)11/h9H,2-7H2,1H3,(H,10,11). The SMILES string of the molecule is CCOCCNS(=O)(=O)CCCC(=O)O. The van der Waals surface area contributed by atoms with Gasteiger partial charge in [-0.05, 0) is 13.3 Å². The fourth-order valence-corrected chi connectivity index (χ4v) is 1.96. The maximum atomic E-state index is 11.2. The Morgan fingerprint density at radius 3 is 2.67 bits per heavy atom. The van der Waals surface area contributed by atoms with Crippen LogP contribution < -0.4 is 4.72 Å². The van der Waals surface area contributed by atoms with Crippen LogP contribution in [0.25, 0.3) is 0 Å². The van der Waals surface area contributed by atoms with Crippen LogP contribution in [0, 0.1) is 0 Å². The highest BCUT2D eigenvalue weighted by Crippen LogP contribution is 1.94. The molecule has 0 aromatic carbocycles. The third-order valence-electron chi connectivity index (χ3n) is 1.58. The molecule has 0 unspecified atom stereocenters. The molecule has 0 heterocycles. The highest BCUT2D eigenvalue weighted by Gasteiger charge is 2.09. The van der Waals surface area contributed by atoms with Gasteiger partial charge in [0.05, 0.1) is 12.4 Å². The van der Waals surface area contributed by atoms with Gasteiger partial charge in [0.1, 0.15) is 0 Å². The lowest BCUT2D eigenvalue weighted by molar-refractivity contribution is -0.137. The number of aliphatic carboxylic acids is 1. The molecule has 0 aliphatic carbocycles. The zero-order valence-corrected chi connectivity index (χ0v) is 9.55. The van der Waals surface area contributed by atoms with Crippen molar-refractivity contribution >= 4 is 16.0 Å². The minimum Gasteiger partial charge on any atom is -0.481 e. The van der Waals surface area contributed by atoms with E-state index in [1.54, 1.807) is 0 Å². The largest absolute Gasteiger partial charge is 0.481 e. The molecule has 0 aliphatic rings. The van der Waals surface area contributed by atoms with Crippen LogP contribution in [0.1, 0.15) is 19.8 Å². The number of nitrogens with one attached hydrogen (secondary N) is 1. The van der Waals surface area contributed by atoms with E-state index in [2.05, 4.69) is 4.72 Å². The number of carboxylic acids is 1. The molecule has 0 radical (unpaired) electrons. The van der Waals surface area contributed by atoms with E-state index < -0.39 is 16.0 Å². The van der Waals surface area contributed by atoms with Gasteiger partial charge in [-0.2, -0.15) is 0 Å². The van der Waals surface area contributed by atoms with Gasteiger partial charge in [0, 0.05) is 19.6 Å². The zero-order valence-electron chi connectivity index (χ0n) is 8.73. The summed E-state index contributed by atoms with van der Waals surface area (Å²) in [6.07, 6.45) is -0.00826. The van der Waals surface area contributed by atoms with E-state index >= 15 is 0 Å². The first kappa shape index (κ1) is 14.3. The van der Waals surface area contributed by atoms with Crippen molar-refractivity contribution in [3.05, 3.63) is 0 Å². The quantitative estimate of drug-likeness (QED) is 0.544. The van der Waals surface area contributed by atoms with E-state index in [4.69, 9.17) is 9.84 Å². The molecule has 0 bridgehead atoms. The average molecular weight is 239 g/mol. The maximum Gasteiger partial charge on any atom is 0.303 e. The first-order chi connectivity index (χ1) is 6.98. The predicted molar refractivity (Wildman–Crippen MR) is 55.2 cm³/mol. The van der Waals surface area contributed by atoms with Crippen LogP contribution >= 0.6 is 0 Å². The van der Waals surface area contributed by atoms with Crippen LogP contribution in [0.4, 0.5) is 0 Å². The fourth-order valence-electron chi connectivity index (χ4n) is 0.899. The number of carboxylic acid groups (broad SMARTS) is 1. The molecular formula is C8H17NO5S. The molecule has 0 saturated carbocycles. The van der Waals surface area contributed by atoms with Gasteiger partial charge >= 0.3 is 5.97 Å². The van der Waals surface area contributed by atoms with E-state index in [0.717, 1.165) is 0 Å². The van der Waals surface area contributed by atoms with Gasteiger partial charge < -0.3 is 9.84 Å². The lowest BCUT2D eigenvalue weighted by Crippen LogP contribution is -2.29. The van der Waals surface area contributed by atoms with Crippen LogP contribution in [0.3, 0.4) is 0 Å². The Hall–Kier alpha value is -0.660. The fraction of sp³-hybridized carbons (Fsp3) is 0.875. The average Bonchev–Trinajstić information content (AvgIpc) is 2.11. The lowest BCUT2D eigenvalue weighted by Gasteiger charge is -2.05. The van der Waals surface area contributed by atoms with Crippen molar-refractivity contribution in [1.82, 2.24) is 4.72 Å². The summed E-state index contributed by atoms with van der Waals surface area (Å²) in [5, 5.41) is 8.32. The minimum absolute atomic E-state index is 0.124. The van der Waals surface area contributed by atoms with Gasteiger partial charge in [-0.3, -0.25) is 4.79 Å². The summed E-state index contributed by atoms with van der Waals surface area (Å²) in [5.41, 5.74) is 0. The van der Waals surface area contributed by atoms with Crippen molar-refractivity contribution in [2.24, 2.45) is 0 Å². The van der Waals surface area contributed by atoms with Gasteiger partial charge in [-0.1, -0.05) is 0 Å². The summed E-state index contributed by atoms with van der Waals surface area (Å²) >= 11 is 0. The number of rotatable bonds is 9. The number of carbonyl (C=O) groups is 1. The molecule has 0 atom stereocenters. The third kappa shape index (κ3) is 9.64. The zero-order chi connectivity index (χ0) is 11.7. The molecule has 90 valence electrons. The van der Waals surface area contributed by atoms with Gasteiger partial charge in [-0.25, -0.2) is 13.1 Å². The van der Waals surface area contributed by atoms with E-state index in [-0.39, 0.29) is 25.1 Å². The minimum atomic E-state index is -3.35. The molecule has 15 heavy (non-hydrogen) atoms. The van der Waals surface area contributed by atoms with Crippen molar-refractivity contribution in [3.8, 4) is 0 Å². The van der Waals surface area contributed by atoms with E-state index in [9.17, 15) is 13.2 Å². The van der Waals surface area contributed by atoms with Gasteiger partial charge in [0.2, 0.25) is 10.0 Å². The molecule has 0 rings (SSSR count). The van der Waals surface area contributed by atoms with Crippen LogP contribution in [0.15, 0.2) is 0 Å². The van der Waals surface area contributed by atoms with Crippen LogP contribution in [0.2, 0.25) is 0 Å². The number of ether oxygens (including phenoxy) is 1. The number of sulfonamides is 1. The Balaban J connectivity index is 3.63. The summed E-state index contributed by atoms with van der Waals surface area (Å²) in [4.78, 5) is 10.1. The first-order valence-corrected chi connectivity index (χ1v) is 6.40. The number of hydrogen-bond acceptors (Lipinski definition) is 4. The second-order valence-corrected chi connectivity index (χ2v) is 4.83. The second kappa shape index (κ2) is 7.61. The Bertz CT molecular complexity index is 275. The second-order valence-electron chi connectivity index (χ2n) is 2.91. The van der Waals surface area contributed by atoms with Gasteiger partial charge in [0.15, 0.2) is 0 Å². The molecule has 2 N–H and O–H groups in total. The molecule has 0 saturated heterocycles. The van der Waals surface area contributed by atoms with Crippen molar-refractivity contribution in [2.45, 2.75) is 19.8 Å². The van der Waals surface area contributed by atoms with E-state index in [1.807, 2.05) is 6.92 Å². The molecule has 0 aromatic rings. The van der Waals surface area contributed by atoms with Gasteiger partial charge in [-0.15, -0.1) is 0 Å². The third-order valence-corrected chi connectivity index (χ3v) is 3.05. The Morgan fingerprint density at radius 2 is 2.13 bits per heavy atom. The molecule has 7 heteroatoms. The normalized spacial score (nSPS) is 11.5. The topological polar surface area (TPSA) is 92.7 Å². The molecule has 6 nitrogen and oxygen atoms in total. The Labute approximate surface area is 89.7 Å². The Morgan fingerprint density at radius 1 is 1.47 bits per heavy atom. The summed E-state index contributed by atoms with van der Waals surface area (Å²) in [7, 11) is -3.35. The van der Waals surface area contributed by atoms with Crippen molar-refractivity contribution in [1.29, 1.82) is 0 Å². The van der Waals surface area contributed by atoms with E-state index in [0.29, 0.717) is 13.2 Å². The maximum absolute atomic E-state index is 11.2. The van der Waals surface area contributed by atoms with Crippen molar-refractivity contribution in [2.75, 3.05) is 25.5 Å². The van der Waals surface area contributed by atoms with Crippen LogP contribution in [-0.4, -0.2) is 45.0 Å². The molecule has 0 amide bonds. The number of hydrogen-bond donors (Lipinski definition) is 2. The first-order valence-electron chi connectivity index (χ1n) is 4.75. The lowest BCUT2D eigenvalue weighted by atomic mass is 10.3.